The maximum absolute atomic E-state index is 8.94. The molecule has 2 aromatic rings. The first-order valence-electron chi connectivity index (χ1n) is 5.59. The van der Waals surface area contributed by atoms with Crippen molar-refractivity contribution in [1.82, 2.24) is 9.78 Å². The van der Waals surface area contributed by atoms with Gasteiger partial charge in [0, 0.05) is 29.6 Å². The molecule has 4 heteroatoms. The standard InChI is InChI=1S/C13H16N2OS/c1-15-12(6-8-14-15)7-9-17-13-4-2-11(10-16)3-5-13/h2-6,8,16H,7,9-10H2,1H3. The third-order valence-electron chi connectivity index (χ3n) is 2.66. The molecule has 0 aliphatic carbocycles. The number of aryl methyl sites for hydroxylation is 2. The van der Waals surface area contributed by atoms with E-state index >= 15 is 0 Å². The van der Waals surface area contributed by atoms with E-state index in [1.165, 1.54) is 10.6 Å². The van der Waals surface area contributed by atoms with Crippen LogP contribution in [0.2, 0.25) is 0 Å². The molecule has 1 heterocycles. The minimum absolute atomic E-state index is 0.111. The van der Waals surface area contributed by atoms with Gasteiger partial charge in [0.05, 0.1) is 6.61 Å². The van der Waals surface area contributed by atoms with E-state index in [9.17, 15) is 0 Å². The molecule has 0 aliphatic heterocycles. The van der Waals surface area contributed by atoms with E-state index in [2.05, 4.69) is 23.3 Å². The Morgan fingerprint density at radius 3 is 2.59 bits per heavy atom. The summed E-state index contributed by atoms with van der Waals surface area (Å²) < 4.78 is 1.91. The van der Waals surface area contributed by atoms with Gasteiger partial charge in [0.1, 0.15) is 0 Å². The van der Waals surface area contributed by atoms with E-state index < -0.39 is 0 Å². The molecule has 3 nitrogen and oxygen atoms in total. The van der Waals surface area contributed by atoms with Crippen molar-refractivity contribution in [3.05, 3.63) is 47.8 Å². The second-order valence-electron chi connectivity index (χ2n) is 3.85. The van der Waals surface area contributed by atoms with Gasteiger partial charge < -0.3 is 5.11 Å². The lowest BCUT2D eigenvalue weighted by Gasteiger charge is -2.03. The summed E-state index contributed by atoms with van der Waals surface area (Å²) in [5, 5.41) is 13.1. The molecule has 1 aromatic carbocycles. The molecule has 0 aliphatic rings. The summed E-state index contributed by atoms with van der Waals surface area (Å²) in [6.07, 6.45) is 2.85. The van der Waals surface area contributed by atoms with Crippen LogP contribution < -0.4 is 0 Å². The second-order valence-corrected chi connectivity index (χ2v) is 5.02. The predicted octanol–water partition coefficient (Wildman–Crippen LogP) is 2.25. The minimum atomic E-state index is 0.111. The Balaban J connectivity index is 1.83. The first-order chi connectivity index (χ1) is 8.29. The molecule has 0 radical (unpaired) electrons. The Morgan fingerprint density at radius 2 is 2.00 bits per heavy atom. The molecule has 2 rings (SSSR count). The highest BCUT2D eigenvalue weighted by atomic mass is 32.2. The third-order valence-corrected chi connectivity index (χ3v) is 3.67. The smallest absolute Gasteiger partial charge is 0.0681 e. The van der Waals surface area contributed by atoms with Crippen molar-refractivity contribution in [2.45, 2.75) is 17.9 Å². The van der Waals surface area contributed by atoms with Crippen LogP contribution in [0.1, 0.15) is 11.3 Å². The number of aliphatic hydroxyl groups is 1. The van der Waals surface area contributed by atoms with Crippen molar-refractivity contribution in [3.63, 3.8) is 0 Å². The zero-order valence-electron chi connectivity index (χ0n) is 9.84. The van der Waals surface area contributed by atoms with Crippen LogP contribution in [0.5, 0.6) is 0 Å². The average Bonchev–Trinajstić information content (AvgIpc) is 2.76. The number of aliphatic hydroxyl groups excluding tert-OH is 1. The van der Waals surface area contributed by atoms with E-state index in [0.29, 0.717) is 0 Å². The van der Waals surface area contributed by atoms with Gasteiger partial charge in [-0.2, -0.15) is 5.10 Å². The van der Waals surface area contributed by atoms with E-state index in [1.807, 2.05) is 41.8 Å². The van der Waals surface area contributed by atoms with Gasteiger partial charge in [0.15, 0.2) is 0 Å². The van der Waals surface area contributed by atoms with Gasteiger partial charge in [-0.1, -0.05) is 12.1 Å². The average molecular weight is 248 g/mol. The Morgan fingerprint density at radius 1 is 1.24 bits per heavy atom. The molecule has 0 saturated carbocycles. The van der Waals surface area contributed by atoms with Crippen molar-refractivity contribution in [3.8, 4) is 0 Å². The van der Waals surface area contributed by atoms with Gasteiger partial charge in [-0.3, -0.25) is 4.68 Å². The highest BCUT2D eigenvalue weighted by Gasteiger charge is 1.99. The van der Waals surface area contributed by atoms with E-state index in [0.717, 1.165) is 17.7 Å². The van der Waals surface area contributed by atoms with Crippen LogP contribution in [-0.4, -0.2) is 20.6 Å². The lowest BCUT2D eigenvalue weighted by molar-refractivity contribution is 0.282. The molecule has 1 N–H and O–H groups in total. The molecule has 0 fully saturated rings. The van der Waals surface area contributed by atoms with Crippen molar-refractivity contribution >= 4 is 11.8 Å². The Kier molecular flexibility index (Phi) is 4.23. The van der Waals surface area contributed by atoms with E-state index in [4.69, 9.17) is 5.11 Å². The first kappa shape index (κ1) is 12.2. The molecule has 1 aromatic heterocycles. The maximum atomic E-state index is 8.94. The lowest BCUT2D eigenvalue weighted by Crippen LogP contribution is -1.99. The van der Waals surface area contributed by atoms with Crippen LogP contribution in [0.15, 0.2) is 41.4 Å². The quantitative estimate of drug-likeness (QED) is 0.825. The largest absolute Gasteiger partial charge is 0.392 e. The fourth-order valence-corrected chi connectivity index (χ4v) is 2.49. The van der Waals surface area contributed by atoms with Gasteiger partial charge in [-0.05, 0) is 30.2 Å². The van der Waals surface area contributed by atoms with Gasteiger partial charge in [-0.15, -0.1) is 11.8 Å². The molecule has 0 bridgehead atoms. The number of hydrogen-bond acceptors (Lipinski definition) is 3. The van der Waals surface area contributed by atoms with Crippen molar-refractivity contribution < 1.29 is 5.11 Å². The summed E-state index contributed by atoms with van der Waals surface area (Å²) in [5.41, 5.74) is 2.21. The van der Waals surface area contributed by atoms with E-state index in [-0.39, 0.29) is 6.61 Å². The summed E-state index contributed by atoms with van der Waals surface area (Å²) in [4.78, 5) is 1.24. The molecule has 0 unspecified atom stereocenters. The first-order valence-corrected chi connectivity index (χ1v) is 6.57. The zero-order chi connectivity index (χ0) is 12.1. The second kappa shape index (κ2) is 5.89. The van der Waals surface area contributed by atoms with Crippen molar-refractivity contribution in [2.75, 3.05) is 5.75 Å². The number of rotatable bonds is 5. The molecule has 0 spiro atoms. The molecular formula is C13H16N2OS. The van der Waals surface area contributed by atoms with E-state index in [1.54, 1.807) is 0 Å². The summed E-state index contributed by atoms with van der Waals surface area (Å²) >= 11 is 1.82. The molecule has 90 valence electrons. The highest BCUT2D eigenvalue weighted by Crippen LogP contribution is 2.19. The third kappa shape index (κ3) is 3.35. The van der Waals surface area contributed by atoms with Gasteiger partial charge in [0.2, 0.25) is 0 Å². The fourth-order valence-electron chi connectivity index (χ4n) is 1.61. The molecule has 0 atom stereocenters. The van der Waals surface area contributed by atoms with Crippen LogP contribution in [-0.2, 0) is 20.1 Å². The van der Waals surface area contributed by atoms with Gasteiger partial charge in [0.25, 0.3) is 0 Å². The number of benzene rings is 1. The monoisotopic (exact) mass is 248 g/mol. The molecule has 17 heavy (non-hydrogen) atoms. The Labute approximate surface area is 105 Å². The fraction of sp³-hybridized carbons (Fsp3) is 0.308. The SMILES string of the molecule is Cn1nccc1CCSc1ccc(CO)cc1. The van der Waals surface area contributed by atoms with Gasteiger partial charge >= 0.3 is 0 Å². The number of thioether (sulfide) groups is 1. The zero-order valence-corrected chi connectivity index (χ0v) is 10.7. The van der Waals surface area contributed by atoms with Crippen LogP contribution in [0.3, 0.4) is 0 Å². The van der Waals surface area contributed by atoms with Crippen molar-refractivity contribution in [1.29, 1.82) is 0 Å². The summed E-state index contributed by atoms with van der Waals surface area (Å²) in [7, 11) is 1.97. The topological polar surface area (TPSA) is 38.0 Å². The Hall–Kier alpha value is -1.26. The maximum Gasteiger partial charge on any atom is 0.0681 e. The summed E-state index contributed by atoms with van der Waals surface area (Å²) in [6, 6.07) is 10.1. The Bertz CT molecular complexity index is 465. The highest BCUT2D eigenvalue weighted by molar-refractivity contribution is 7.99. The molecule has 0 saturated heterocycles. The summed E-state index contributed by atoms with van der Waals surface area (Å²) in [6.45, 7) is 0.111. The number of nitrogens with zero attached hydrogens (tertiary/aromatic N) is 2. The summed E-state index contributed by atoms with van der Waals surface area (Å²) in [5.74, 6) is 1.04. The lowest BCUT2D eigenvalue weighted by atomic mass is 10.2. The molecular weight excluding hydrogens is 232 g/mol. The van der Waals surface area contributed by atoms with Crippen LogP contribution in [0, 0.1) is 0 Å². The number of aromatic nitrogens is 2. The number of hydrogen-bond donors (Lipinski definition) is 1. The minimum Gasteiger partial charge on any atom is -0.392 e. The van der Waals surface area contributed by atoms with Gasteiger partial charge in [-0.25, -0.2) is 0 Å². The van der Waals surface area contributed by atoms with Crippen LogP contribution in [0.25, 0.3) is 0 Å². The van der Waals surface area contributed by atoms with Crippen LogP contribution in [0.4, 0.5) is 0 Å². The van der Waals surface area contributed by atoms with Crippen molar-refractivity contribution in [2.24, 2.45) is 7.05 Å². The van der Waals surface area contributed by atoms with Crippen LogP contribution >= 0.6 is 11.8 Å². The predicted molar refractivity (Wildman–Crippen MR) is 70.0 cm³/mol. The normalized spacial score (nSPS) is 10.7. The molecule has 0 amide bonds.